The van der Waals surface area contributed by atoms with Crippen LogP contribution in [0, 0.1) is 5.41 Å². The van der Waals surface area contributed by atoms with Gasteiger partial charge >= 0.3 is 0 Å². The van der Waals surface area contributed by atoms with Gasteiger partial charge in [0, 0.05) is 0 Å². The van der Waals surface area contributed by atoms with Gasteiger partial charge in [0.25, 0.3) is 0 Å². The summed E-state index contributed by atoms with van der Waals surface area (Å²) in [5.41, 5.74) is 1.69. The first-order valence-electron chi connectivity index (χ1n) is 6.41. The van der Waals surface area contributed by atoms with E-state index in [1.807, 2.05) is 12.1 Å². The van der Waals surface area contributed by atoms with Crippen molar-refractivity contribution in [1.82, 2.24) is 0 Å². The molecule has 1 aliphatic rings. The molecule has 0 saturated heterocycles. The van der Waals surface area contributed by atoms with Crippen LogP contribution in [0.5, 0.6) is 0 Å². The van der Waals surface area contributed by atoms with E-state index in [1.165, 1.54) is 31.2 Å². The highest BCUT2D eigenvalue weighted by Crippen LogP contribution is 2.42. The Morgan fingerprint density at radius 1 is 1.11 bits per heavy atom. The van der Waals surface area contributed by atoms with Gasteiger partial charge in [0.2, 0.25) is 10.0 Å². The molecule has 1 aromatic carbocycles. The maximum Gasteiger partial charge on any atom is 0.238 e. The molecule has 1 aliphatic carbocycles. The summed E-state index contributed by atoms with van der Waals surface area (Å²) in [7, 11) is -3.57. The Morgan fingerprint density at radius 3 is 2.06 bits per heavy atom. The monoisotopic (exact) mass is 267 g/mol. The molecule has 0 spiro atoms. The Balaban J connectivity index is 2.12. The molecule has 0 unspecified atom stereocenters. The molecule has 2 rings (SSSR count). The third kappa shape index (κ3) is 3.12. The van der Waals surface area contributed by atoms with Gasteiger partial charge in [0.1, 0.15) is 0 Å². The van der Waals surface area contributed by atoms with Gasteiger partial charge < -0.3 is 0 Å². The maximum absolute atomic E-state index is 11.2. The van der Waals surface area contributed by atoms with E-state index in [2.05, 4.69) is 13.8 Å². The second-order valence-corrected chi connectivity index (χ2v) is 7.61. The molecule has 4 heteroatoms. The molecule has 0 amide bonds. The van der Waals surface area contributed by atoms with E-state index in [-0.39, 0.29) is 4.90 Å². The largest absolute Gasteiger partial charge is 0.238 e. The fourth-order valence-corrected chi connectivity index (χ4v) is 3.18. The zero-order valence-corrected chi connectivity index (χ0v) is 11.8. The van der Waals surface area contributed by atoms with Gasteiger partial charge in [0.05, 0.1) is 4.90 Å². The normalized spacial score (nSPS) is 20.8. The molecule has 0 radical (unpaired) electrons. The lowest BCUT2D eigenvalue weighted by Crippen LogP contribution is -2.20. The molecule has 1 saturated carbocycles. The number of rotatable bonds is 2. The summed E-state index contributed by atoms with van der Waals surface area (Å²) < 4.78 is 22.4. The summed E-state index contributed by atoms with van der Waals surface area (Å²) in [5.74, 6) is 0.563. The summed E-state index contributed by atoms with van der Waals surface area (Å²) in [5, 5.41) is 5.09. The van der Waals surface area contributed by atoms with E-state index in [4.69, 9.17) is 5.14 Å². The standard InChI is InChI=1S/C14H21NO2S/c1-14(2)9-7-12(8-10-14)11-3-5-13(6-4-11)18(15,16)17/h3-6,12H,7-10H2,1-2H3,(H2,15,16,17). The van der Waals surface area contributed by atoms with Crippen LogP contribution in [-0.4, -0.2) is 8.42 Å². The number of hydrogen-bond donors (Lipinski definition) is 1. The van der Waals surface area contributed by atoms with E-state index in [0.717, 1.165) is 0 Å². The summed E-state index contributed by atoms with van der Waals surface area (Å²) in [6, 6.07) is 7.04. The number of benzene rings is 1. The van der Waals surface area contributed by atoms with Crippen molar-refractivity contribution in [2.45, 2.75) is 50.3 Å². The van der Waals surface area contributed by atoms with Crippen LogP contribution in [0.4, 0.5) is 0 Å². The lowest BCUT2D eigenvalue weighted by atomic mass is 9.71. The van der Waals surface area contributed by atoms with Crippen LogP contribution in [-0.2, 0) is 10.0 Å². The minimum absolute atomic E-state index is 0.197. The second-order valence-electron chi connectivity index (χ2n) is 6.05. The number of nitrogens with two attached hydrogens (primary N) is 1. The van der Waals surface area contributed by atoms with E-state index in [0.29, 0.717) is 11.3 Å². The molecule has 1 aromatic rings. The zero-order valence-electron chi connectivity index (χ0n) is 11.0. The number of primary sulfonamides is 1. The lowest BCUT2D eigenvalue weighted by molar-refractivity contribution is 0.224. The summed E-state index contributed by atoms with van der Waals surface area (Å²) in [6.45, 7) is 4.63. The van der Waals surface area contributed by atoms with Crippen molar-refractivity contribution in [2.75, 3.05) is 0 Å². The van der Waals surface area contributed by atoms with Crippen LogP contribution in [0.3, 0.4) is 0 Å². The van der Waals surface area contributed by atoms with Gasteiger partial charge in [-0.3, -0.25) is 0 Å². The molecule has 3 nitrogen and oxygen atoms in total. The molecular weight excluding hydrogens is 246 g/mol. The van der Waals surface area contributed by atoms with Crippen LogP contribution >= 0.6 is 0 Å². The quantitative estimate of drug-likeness (QED) is 0.895. The first kappa shape index (κ1) is 13.6. The van der Waals surface area contributed by atoms with E-state index < -0.39 is 10.0 Å². The molecule has 0 atom stereocenters. The molecular formula is C14H21NO2S. The third-order valence-corrected chi connectivity index (χ3v) is 4.95. The van der Waals surface area contributed by atoms with E-state index in [9.17, 15) is 8.42 Å². The van der Waals surface area contributed by atoms with Crippen molar-refractivity contribution < 1.29 is 8.42 Å². The Kier molecular flexibility index (Phi) is 3.52. The highest BCUT2D eigenvalue weighted by Gasteiger charge is 2.27. The fraction of sp³-hybridized carbons (Fsp3) is 0.571. The fourth-order valence-electron chi connectivity index (χ4n) is 2.66. The van der Waals surface area contributed by atoms with E-state index in [1.54, 1.807) is 12.1 Å². The molecule has 2 N–H and O–H groups in total. The molecule has 0 aromatic heterocycles. The third-order valence-electron chi connectivity index (χ3n) is 4.02. The van der Waals surface area contributed by atoms with Crippen molar-refractivity contribution in [2.24, 2.45) is 10.6 Å². The predicted molar refractivity (Wildman–Crippen MR) is 72.8 cm³/mol. The molecule has 0 bridgehead atoms. The van der Waals surface area contributed by atoms with Gasteiger partial charge in [0.15, 0.2) is 0 Å². The highest BCUT2D eigenvalue weighted by atomic mass is 32.2. The van der Waals surface area contributed by atoms with Crippen LogP contribution < -0.4 is 5.14 Å². The molecule has 100 valence electrons. The van der Waals surface area contributed by atoms with Crippen molar-refractivity contribution in [1.29, 1.82) is 0 Å². The van der Waals surface area contributed by atoms with Crippen molar-refractivity contribution >= 4 is 10.0 Å². The summed E-state index contributed by atoms with van der Waals surface area (Å²) in [4.78, 5) is 0.197. The SMILES string of the molecule is CC1(C)CCC(c2ccc(S(N)(=O)=O)cc2)CC1. The van der Waals surface area contributed by atoms with Crippen LogP contribution in [0.1, 0.15) is 51.0 Å². The lowest BCUT2D eigenvalue weighted by Gasteiger charge is -2.34. The van der Waals surface area contributed by atoms with Crippen molar-refractivity contribution in [3.8, 4) is 0 Å². The van der Waals surface area contributed by atoms with Gasteiger partial charge in [-0.25, -0.2) is 13.6 Å². The highest BCUT2D eigenvalue weighted by molar-refractivity contribution is 7.89. The Morgan fingerprint density at radius 2 is 1.61 bits per heavy atom. The first-order valence-corrected chi connectivity index (χ1v) is 7.95. The average molecular weight is 267 g/mol. The maximum atomic E-state index is 11.2. The summed E-state index contributed by atoms with van der Waals surface area (Å²) >= 11 is 0. The van der Waals surface area contributed by atoms with Crippen molar-refractivity contribution in [3.05, 3.63) is 29.8 Å². The Bertz CT molecular complexity index is 507. The van der Waals surface area contributed by atoms with E-state index >= 15 is 0 Å². The Hall–Kier alpha value is -0.870. The van der Waals surface area contributed by atoms with Crippen LogP contribution in [0.25, 0.3) is 0 Å². The summed E-state index contributed by atoms with van der Waals surface area (Å²) in [6.07, 6.45) is 4.83. The predicted octanol–water partition coefficient (Wildman–Crippen LogP) is 3.02. The average Bonchev–Trinajstić information content (AvgIpc) is 2.28. The molecule has 0 heterocycles. The minimum atomic E-state index is -3.57. The second kappa shape index (κ2) is 4.67. The number of hydrogen-bond acceptors (Lipinski definition) is 2. The minimum Gasteiger partial charge on any atom is -0.225 e. The van der Waals surface area contributed by atoms with Crippen LogP contribution in [0.15, 0.2) is 29.2 Å². The topological polar surface area (TPSA) is 60.2 Å². The Labute approximate surface area is 109 Å². The van der Waals surface area contributed by atoms with Crippen molar-refractivity contribution in [3.63, 3.8) is 0 Å². The van der Waals surface area contributed by atoms with Gasteiger partial charge in [-0.1, -0.05) is 26.0 Å². The zero-order chi connectivity index (χ0) is 13.4. The van der Waals surface area contributed by atoms with Gasteiger partial charge in [-0.15, -0.1) is 0 Å². The first-order chi connectivity index (χ1) is 8.28. The van der Waals surface area contributed by atoms with Crippen LogP contribution in [0.2, 0.25) is 0 Å². The van der Waals surface area contributed by atoms with Gasteiger partial charge in [-0.2, -0.15) is 0 Å². The van der Waals surface area contributed by atoms with Gasteiger partial charge in [-0.05, 0) is 54.7 Å². The molecule has 0 aliphatic heterocycles. The number of sulfonamides is 1. The molecule has 18 heavy (non-hydrogen) atoms. The smallest absolute Gasteiger partial charge is 0.225 e. The molecule has 1 fully saturated rings.